The summed E-state index contributed by atoms with van der Waals surface area (Å²) >= 11 is 7.83. The molecule has 0 radical (unpaired) electrons. The van der Waals surface area contributed by atoms with Crippen LogP contribution in [0.1, 0.15) is 5.56 Å². The zero-order chi connectivity index (χ0) is 20.2. The second-order valence-electron chi connectivity index (χ2n) is 7.50. The number of likely N-dealkylation sites (N-methyl/N-ethyl adjacent to an activating group) is 1. The van der Waals surface area contributed by atoms with E-state index in [9.17, 15) is 4.79 Å². The third-order valence-corrected chi connectivity index (χ3v) is 6.93. The first-order valence-corrected chi connectivity index (χ1v) is 11.4. The molecule has 0 amide bonds. The van der Waals surface area contributed by atoms with Crippen LogP contribution in [0.3, 0.4) is 0 Å². The van der Waals surface area contributed by atoms with Gasteiger partial charge in [0, 0.05) is 59.8 Å². The highest BCUT2D eigenvalue weighted by molar-refractivity contribution is 8.03. The van der Waals surface area contributed by atoms with Crippen molar-refractivity contribution in [3.8, 4) is 0 Å². The SMILES string of the molecule is CN1CCN(c2ccccc2C=C2SCCN(c3ccc(Cl)cc3)C2C=O)CC1. The van der Waals surface area contributed by atoms with E-state index in [1.54, 1.807) is 11.8 Å². The number of benzene rings is 2. The van der Waals surface area contributed by atoms with Gasteiger partial charge in [-0.05, 0) is 49.0 Å². The molecule has 2 saturated heterocycles. The Bertz CT molecular complexity index is 878. The number of aldehydes is 1. The van der Waals surface area contributed by atoms with Gasteiger partial charge in [-0.25, -0.2) is 0 Å². The lowest BCUT2D eigenvalue weighted by molar-refractivity contribution is -0.108. The third kappa shape index (κ3) is 4.63. The molecule has 1 atom stereocenters. The maximum Gasteiger partial charge on any atom is 0.147 e. The molecule has 152 valence electrons. The maximum atomic E-state index is 12.1. The van der Waals surface area contributed by atoms with E-state index in [-0.39, 0.29) is 6.04 Å². The van der Waals surface area contributed by atoms with Gasteiger partial charge in [0.15, 0.2) is 0 Å². The van der Waals surface area contributed by atoms with Crippen LogP contribution < -0.4 is 9.80 Å². The lowest BCUT2D eigenvalue weighted by Crippen LogP contribution is -2.44. The number of thioether (sulfide) groups is 1. The lowest BCUT2D eigenvalue weighted by atomic mass is 10.1. The number of hydrogen-bond donors (Lipinski definition) is 0. The molecule has 4 rings (SSSR count). The molecule has 2 aromatic rings. The van der Waals surface area contributed by atoms with E-state index in [4.69, 9.17) is 11.6 Å². The van der Waals surface area contributed by atoms with Crippen molar-refractivity contribution in [2.75, 3.05) is 55.3 Å². The summed E-state index contributed by atoms with van der Waals surface area (Å²) in [6.07, 6.45) is 3.27. The monoisotopic (exact) mass is 427 g/mol. The van der Waals surface area contributed by atoms with Crippen LogP contribution in [0.15, 0.2) is 53.4 Å². The number of para-hydroxylation sites is 1. The highest BCUT2D eigenvalue weighted by atomic mass is 35.5. The number of hydrogen-bond acceptors (Lipinski definition) is 5. The van der Waals surface area contributed by atoms with Gasteiger partial charge in [-0.3, -0.25) is 0 Å². The minimum atomic E-state index is -0.268. The number of nitrogens with zero attached hydrogens (tertiary/aromatic N) is 3. The van der Waals surface area contributed by atoms with E-state index in [1.807, 2.05) is 24.3 Å². The quantitative estimate of drug-likeness (QED) is 0.679. The first-order chi connectivity index (χ1) is 14.2. The molecule has 2 fully saturated rings. The minimum Gasteiger partial charge on any atom is -0.368 e. The van der Waals surface area contributed by atoms with Crippen molar-refractivity contribution in [3.63, 3.8) is 0 Å². The van der Waals surface area contributed by atoms with Crippen LogP contribution in [0.25, 0.3) is 6.08 Å². The molecule has 0 bridgehead atoms. The molecular weight excluding hydrogens is 402 g/mol. The van der Waals surface area contributed by atoms with E-state index in [0.717, 1.165) is 55.4 Å². The van der Waals surface area contributed by atoms with Gasteiger partial charge in [0.2, 0.25) is 0 Å². The summed E-state index contributed by atoms with van der Waals surface area (Å²) in [7, 11) is 2.17. The molecule has 4 nitrogen and oxygen atoms in total. The Hall–Kier alpha value is -1.95. The number of rotatable bonds is 4. The van der Waals surface area contributed by atoms with Gasteiger partial charge in [-0.1, -0.05) is 29.8 Å². The molecule has 0 N–H and O–H groups in total. The maximum absolute atomic E-state index is 12.1. The second-order valence-corrected chi connectivity index (χ2v) is 9.10. The Labute approximate surface area is 182 Å². The van der Waals surface area contributed by atoms with Crippen molar-refractivity contribution < 1.29 is 4.79 Å². The Morgan fingerprint density at radius 2 is 1.72 bits per heavy atom. The van der Waals surface area contributed by atoms with Gasteiger partial charge in [-0.2, -0.15) is 0 Å². The van der Waals surface area contributed by atoms with E-state index in [2.05, 4.69) is 52.1 Å². The number of halogens is 1. The van der Waals surface area contributed by atoms with Crippen molar-refractivity contribution in [3.05, 3.63) is 64.0 Å². The van der Waals surface area contributed by atoms with Crippen LogP contribution >= 0.6 is 23.4 Å². The van der Waals surface area contributed by atoms with E-state index < -0.39 is 0 Å². The normalized spacial score (nSPS) is 22.1. The van der Waals surface area contributed by atoms with Crippen LogP contribution in [0.2, 0.25) is 5.02 Å². The van der Waals surface area contributed by atoms with Crippen LogP contribution in [-0.4, -0.2) is 62.8 Å². The fourth-order valence-corrected chi connectivity index (χ4v) is 5.14. The van der Waals surface area contributed by atoms with Gasteiger partial charge in [0.05, 0.1) is 0 Å². The highest BCUT2D eigenvalue weighted by Crippen LogP contribution is 2.35. The Kier molecular flexibility index (Phi) is 6.48. The summed E-state index contributed by atoms with van der Waals surface area (Å²) in [6, 6.07) is 16.0. The first-order valence-electron chi connectivity index (χ1n) is 10.00. The molecule has 6 heteroatoms. The van der Waals surface area contributed by atoms with E-state index in [0.29, 0.717) is 5.02 Å². The molecule has 1 unspecified atom stereocenters. The first kappa shape index (κ1) is 20.3. The van der Waals surface area contributed by atoms with Crippen molar-refractivity contribution in [2.45, 2.75) is 6.04 Å². The summed E-state index contributed by atoms with van der Waals surface area (Å²) in [5.41, 5.74) is 3.47. The lowest BCUT2D eigenvalue weighted by Gasteiger charge is -2.37. The molecule has 29 heavy (non-hydrogen) atoms. The minimum absolute atomic E-state index is 0.268. The van der Waals surface area contributed by atoms with Crippen molar-refractivity contribution >= 4 is 47.1 Å². The highest BCUT2D eigenvalue weighted by Gasteiger charge is 2.27. The summed E-state index contributed by atoms with van der Waals surface area (Å²) in [4.78, 5) is 20.2. The summed E-state index contributed by atoms with van der Waals surface area (Å²) in [5, 5.41) is 0.708. The predicted octanol–water partition coefficient (Wildman–Crippen LogP) is 4.25. The predicted molar refractivity (Wildman–Crippen MR) is 125 cm³/mol. The smallest absolute Gasteiger partial charge is 0.147 e. The van der Waals surface area contributed by atoms with Crippen LogP contribution in [0, 0.1) is 0 Å². The number of carbonyl (C=O) groups is 1. The van der Waals surface area contributed by atoms with Gasteiger partial charge >= 0.3 is 0 Å². The van der Waals surface area contributed by atoms with Gasteiger partial charge in [0.1, 0.15) is 12.3 Å². The third-order valence-electron chi connectivity index (χ3n) is 5.59. The standard InChI is InChI=1S/C23H26ClN3OS/c1-25-10-12-26(13-11-25)21-5-3-2-4-18(21)16-23-22(17-28)27(14-15-29-23)20-8-6-19(24)7-9-20/h2-9,16-17,22H,10-15H2,1H3. The van der Waals surface area contributed by atoms with Crippen molar-refractivity contribution in [1.82, 2.24) is 4.90 Å². The van der Waals surface area contributed by atoms with Crippen LogP contribution in [0.5, 0.6) is 0 Å². The van der Waals surface area contributed by atoms with Gasteiger partial charge in [0.25, 0.3) is 0 Å². The Morgan fingerprint density at radius 1 is 1.00 bits per heavy atom. The van der Waals surface area contributed by atoms with E-state index >= 15 is 0 Å². The fraction of sp³-hybridized carbons (Fsp3) is 0.348. The molecule has 0 aliphatic carbocycles. The van der Waals surface area contributed by atoms with Gasteiger partial charge in [-0.15, -0.1) is 11.8 Å². The molecule has 2 aromatic carbocycles. The Balaban J connectivity index is 1.63. The summed E-state index contributed by atoms with van der Waals surface area (Å²) < 4.78 is 0. The number of piperazine rings is 1. The fourth-order valence-electron chi connectivity index (χ4n) is 3.93. The van der Waals surface area contributed by atoms with Crippen molar-refractivity contribution in [2.24, 2.45) is 0 Å². The van der Waals surface area contributed by atoms with Gasteiger partial charge < -0.3 is 19.5 Å². The second kappa shape index (κ2) is 9.24. The molecule has 2 aliphatic heterocycles. The van der Waals surface area contributed by atoms with Crippen LogP contribution in [0.4, 0.5) is 11.4 Å². The van der Waals surface area contributed by atoms with Crippen molar-refractivity contribution in [1.29, 1.82) is 0 Å². The topological polar surface area (TPSA) is 26.8 Å². The number of anilines is 2. The molecule has 2 heterocycles. The molecule has 2 aliphatic rings. The zero-order valence-electron chi connectivity index (χ0n) is 16.6. The number of carbonyl (C=O) groups excluding carboxylic acids is 1. The zero-order valence-corrected chi connectivity index (χ0v) is 18.2. The molecule has 0 aromatic heterocycles. The average Bonchev–Trinajstić information content (AvgIpc) is 2.75. The molecular formula is C23H26ClN3OS. The summed E-state index contributed by atoms with van der Waals surface area (Å²) in [6.45, 7) is 5.03. The molecule has 0 saturated carbocycles. The van der Waals surface area contributed by atoms with Crippen LogP contribution in [-0.2, 0) is 4.79 Å². The largest absolute Gasteiger partial charge is 0.368 e. The average molecular weight is 428 g/mol. The summed E-state index contributed by atoms with van der Waals surface area (Å²) in [5.74, 6) is 0.954. The van der Waals surface area contributed by atoms with E-state index in [1.165, 1.54) is 11.3 Å². The molecule has 0 spiro atoms. The Morgan fingerprint density at radius 3 is 2.45 bits per heavy atom.